The topological polar surface area (TPSA) is 166 Å². The van der Waals surface area contributed by atoms with Crippen LogP contribution in [-0.2, 0) is 36.4 Å². The van der Waals surface area contributed by atoms with Gasteiger partial charge in [-0.1, -0.05) is 53.7 Å². The quantitative estimate of drug-likeness (QED) is 0.0928. The molecule has 0 bridgehead atoms. The van der Waals surface area contributed by atoms with Crippen LogP contribution in [0.25, 0.3) is 6.08 Å². The van der Waals surface area contributed by atoms with Crippen LogP contribution in [0.1, 0.15) is 36.2 Å². The fourth-order valence-corrected chi connectivity index (χ4v) is 6.78. The van der Waals surface area contributed by atoms with E-state index < -0.39 is 28.9 Å². The molecule has 1 fully saturated rings. The van der Waals surface area contributed by atoms with Crippen LogP contribution in [0.3, 0.4) is 0 Å². The van der Waals surface area contributed by atoms with Gasteiger partial charge in [0.1, 0.15) is 22.9 Å². The van der Waals surface area contributed by atoms with E-state index in [1.807, 2.05) is 60.7 Å². The number of carbonyl (C=O) groups is 3. The van der Waals surface area contributed by atoms with Crippen molar-refractivity contribution in [3.05, 3.63) is 93.6 Å². The number of hydrogen-bond acceptors (Lipinski definition) is 11. The molecule has 252 valence electrons. The van der Waals surface area contributed by atoms with Crippen LogP contribution in [0.2, 0.25) is 0 Å². The predicted octanol–water partition coefficient (Wildman–Crippen LogP) is 4.64. The van der Waals surface area contributed by atoms with E-state index in [1.54, 1.807) is 12.0 Å². The van der Waals surface area contributed by atoms with Gasteiger partial charge in [0.05, 0.1) is 26.0 Å². The van der Waals surface area contributed by atoms with E-state index in [1.165, 1.54) is 31.0 Å². The van der Waals surface area contributed by atoms with Gasteiger partial charge in [0.25, 0.3) is 11.8 Å². The molecule has 0 unspecified atom stereocenters. The van der Waals surface area contributed by atoms with Crippen LogP contribution in [0.15, 0.2) is 76.4 Å². The lowest BCUT2D eigenvalue weighted by molar-refractivity contribution is -0.161. The number of carboxylic acids is 1. The second kappa shape index (κ2) is 15.2. The Hall–Kier alpha value is -4.37. The first-order valence-corrected chi connectivity index (χ1v) is 17.2. The monoisotopic (exact) mass is 711 g/mol. The summed E-state index contributed by atoms with van der Waals surface area (Å²) >= 11 is 8.51. The molecular formula is C33H34ClN5O7S2. The van der Waals surface area contributed by atoms with Crippen LogP contribution in [0.5, 0.6) is 5.75 Å². The van der Waals surface area contributed by atoms with Crippen molar-refractivity contribution < 1.29 is 33.8 Å². The molecule has 2 amide bonds. The number of rotatable bonds is 14. The SMILES string of the molecule is COc1ccc(COCC2=C(/C=C\c3ccc(CCl)cc3)CS[C@@H]3[C@H](NC(=O)/C(=N\OC(C)(C)C(=O)O)c4csc(N)n4)C(=O)N23)cc1. The maximum absolute atomic E-state index is 13.7. The van der Waals surface area contributed by atoms with E-state index in [4.69, 9.17) is 31.6 Å². The molecule has 5 rings (SSSR count). The lowest BCUT2D eigenvalue weighted by Gasteiger charge is -2.50. The highest BCUT2D eigenvalue weighted by molar-refractivity contribution is 8.00. The second-order valence-electron chi connectivity index (χ2n) is 11.3. The highest BCUT2D eigenvalue weighted by Crippen LogP contribution is 2.41. The van der Waals surface area contributed by atoms with Gasteiger partial charge in [-0.05, 0) is 48.2 Å². The number of nitrogens with zero attached hydrogens (tertiary/aromatic N) is 3. The van der Waals surface area contributed by atoms with Crippen LogP contribution >= 0.6 is 34.7 Å². The molecule has 0 spiro atoms. The Morgan fingerprint density at radius 3 is 2.48 bits per heavy atom. The number of hydrogen-bond donors (Lipinski definition) is 3. The number of allylic oxidation sites excluding steroid dienone is 1. The van der Waals surface area contributed by atoms with Gasteiger partial charge in [0.2, 0.25) is 5.60 Å². The smallest absolute Gasteiger partial charge is 0.350 e. The molecule has 3 heterocycles. The summed E-state index contributed by atoms with van der Waals surface area (Å²) < 4.78 is 11.3. The number of anilines is 1. The lowest BCUT2D eigenvalue weighted by Crippen LogP contribution is -2.70. The van der Waals surface area contributed by atoms with Gasteiger partial charge in [-0.25, -0.2) is 9.78 Å². The number of nitrogens with two attached hydrogens (primary N) is 1. The van der Waals surface area contributed by atoms with Gasteiger partial charge in [0, 0.05) is 17.0 Å². The fraction of sp³-hybridized carbons (Fsp3) is 0.303. The molecule has 2 aromatic carbocycles. The third kappa shape index (κ3) is 8.01. The van der Waals surface area contributed by atoms with Gasteiger partial charge in [0.15, 0.2) is 10.8 Å². The zero-order valence-electron chi connectivity index (χ0n) is 26.3. The molecule has 0 aliphatic carbocycles. The lowest BCUT2D eigenvalue weighted by atomic mass is 10.0. The standard InChI is InChI=1S/C33H34ClN5O7S2/c1-33(2,31(42)43)46-38-26(24-18-48-32(35)36-24)28(40)37-27-29(41)39-25(16-45-15-21-9-12-23(44-3)13-10-21)22(17-47-30(27)39)11-8-19-4-6-20(14-34)7-5-19/h4-13,18,27,30H,14-17H2,1-3H3,(H2,35,36)(H,37,40)(H,42,43)/b11-8-,38-26-/t27-,30-/m1/s1. The van der Waals surface area contributed by atoms with Gasteiger partial charge in [-0.15, -0.1) is 34.7 Å². The zero-order chi connectivity index (χ0) is 34.4. The Morgan fingerprint density at radius 2 is 1.85 bits per heavy atom. The molecule has 15 heteroatoms. The number of amides is 2. The van der Waals surface area contributed by atoms with Crippen molar-refractivity contribution in [1.82, 2.24) is 15.2 Å². The number of thioether (sulfide) groups is 1. The van der Waals surface area contributed by atoms with E-state index >= 15 is 0 Å². The first-order valence-electron chi connectivity index (χ1n) is 14.7. The molecule has 0 saturated carbocycles. The third-order valence-electron chi connectivity index (χ3n) is 7.54. The summed E-state index contributed by atoms with van der Waals surface area (Å²) in [6, 6.07) is 14.5. The fourth-order valence-electron chi connectivity index (χ4n) is 4.69. The average molecular weight is 712 g/mol. The number of halogens is 1. The number of thiazole rings is 1. The van der Waals surface area contributed by atoms with E-state index in [2.05, 4.69) is 15.5 Å². The van der Waals surface area contributed by atoms with E-state index in [0.717, 1.165) is 39.3 Å². The van der Waals surface area contributed by atoms with E-state index in [-0.39, 0.29) is 29.1 Å². The second-order valence-corrected chi connectivity index (χ2v) is 13.6. The molecule has 1 aromatic heterocycles. The van der Waals surface area contributed by atoms with Crippen molar-refractivity contribution in [2.75, 3.05) is 25.2 Å². The summed E-state index contributed by atoms with van der Waals surface area (Å²) in [4.78, 5) is 49.7. The number of β-lactam (4-membered cyclic amide) rings is 1. The largest absolute Gasteiger partial charge is 0.497 e. The number of fused-ring (bicyclic) bond motifs is 1. The minimum atomic E-state index is -1.73. The molecular weight excluding hydrogens is 678 g/mol. The average Bonchev–Trinajstić information content (AvgIpc) is 3.52. The number of nitrogen functional groups attached to an aromatic ring is 1. The molecule has 48 heavy (non-hydrogen) atoms. The molecule has 1 saturated heterocycles. The molecule has 3 aromatic rings. The van der Waals surface area contributed by atoms with Gasteiger partial charge in [-0.2, -0.15) is 0 Å². The summed E-state index contributed by atoms with van der Waals surface area (Å²) in [5.41, 5.74) is 8.39. The number of oxime groups is 1. The van der Waals surface area contributed by atoms with Crippen molar-refractivity contribution in [1.29, 1.82) is 0 Å². The van der Waals surface area contributed by atoms with E-state index in [9.17, 15) is 19.5 Å². The van der Waals surface area contributed by atoms with Gasteiger partial charge in [-0.3, -0.25) is 14.5 Å². The number of aromatic nitrogens is 1. The summed E-state index contributed by atoms with van der Waals surface area (Å²) in [5.74, 6) is -0.647. The van der Waals surface area contributed by atoms with Crippen LogP contribution in [0, 0.1) is 0 Å². The summed E-state index contributed by atoms with van der Waals surface area (Å²) in [6.45, 7) is 3.06. The minimum absolute atomic E-state index is 0.0927. The van der Waals surface area contributed by atoms with Crippen molar-refractivity contribution in [3.8, 4) is 5.75 Å². The Morgan fingerprint density at radius 1 is 1.15 bits per heavy atom. The zero-order valence-corrected chi connectivity index (χ0v) is 28.7. The number of alkyl halides is 1. The predicted molar refractivity (Wildman–Crippen MR) is 186 cm³/mol. The molecule has 2 aliphatic rings. The van der Waals surface area contributed by atoms with Gasteiger partial charge < -0.3 is 30.5 Å². The van der Waals surface area contributed by atoms with E-state index in [0.29, 0.717) is 23.9 Å². The molecule has 12 nitrogen and oxygen atoms in total. The number of nitrogens with one attached hydrogen (secondary N) is 1. The highest BCUT2D eigenvalue weighted by Gasteiger charge is 2.52. The van der Waals surface area contributed by atoms with Crippen molar-refractivity contribution in [2.45, 2.75) is 43.4 Å². The number of aliphatic carboxylic acids is 1. The van der Waals surface area contributed by atoms with Gasteiger partial charge >= 0.3 is 5.97 Å². The van der Waals surface area contributed by atoms with Crippen molar-refractivity contribution >= 4 is 69.4 Å². The summed E-state index contributed by atoms with van der Waals surface area (Å²) in [5, 5.41) is 17.3. The Balaban J connectivity index is 1.36. The van der Waals surface area contributed by atoms with Crippen molar-refractivity contribution in [2.24, 2.45) is 5.16 Å². The number of ether oxygens (including phenoxy) is 2. The summed E-state index contributed by atoms with van der Waals surface area (Å²) in [7, 11) is 1.60. The van der Waals surface area contributed by atoms with Crippen LogP contribution < -0.4 is 15.8 Å². The minimum Gasteiger partial charge on any atom is -0.497 e. The number of carboxylic acid groups (broad SMARTS) is 1. The number of methoxy groups -OCH3 is 1. The molecule has 2 aliphatic heterocycles. The maximum Gasteiger partial charge on any atom is 0.350 e. The maximum atomic E-state index is 13.7. The third-order valence-corrected chi connectivity index (χ3v) is 9.82. The Kier molecular flexibility index (Phi) is 11.1. The first-order chi connectivity index (χ1) is 23.0. The number of carbonyl (C=O) groups excluding carboxylic acids is 2. The Labute approximate surface area is 290 Å². The molecule has 0 radical (unpaired) electrons. The van der Waals surface area contributed by atoms with Crippen LogP contribution in [-0.4, -0.2) is 75.0 Å². The van der Waals surface area contributed by atoms with Crippen LogP contribution in [0.4, 0.5) is 5.13 Å². The normalized spacial score (nSPS) is 18.0. The summed E-state index contributed by atoms with van der Waals surface area (Å²) in [6.07, 6.45) is 3.95. The number of benzene rings is 2. The van der Waals surface area contributed by atoms with Crippen molar-refractivity contribution in [3.63, 3.8) is 0 Å². The molecule has 2 atom stereocenters. The Bertz CT molecular complexity index is 1760. The highest BCUT2D eigenvalue weighted by atomic mass is 35.5. The first kappa shape index (κ1) is 35.0. The molecule has 4 N–H and O–H groups in total.